The molecule has 0 bridgehead atoms. The van der Waals surface area contributed by atoms with Crippen LogP contribution in [0.2, 0.25) is 0 Å². The van der Waals surface area contributed by atoms with Gasteiger partial charge in [0.25, 0.3) is 11.8 Å². The molecule has 1 heterocycles. The van der Waals surface area contributed by atoms with Crippen LogP contribution in [-0.4, -0.2) is 29.0 Å². The Hall–Kier alpha value is -3.94. The number of ether oxygens (including phenoxy) is 1. The molecule has 30 heavy (non-hydrogen) atoms. The van der Waals surface area contributed by atoms with Gasteiger partial charge in [0.2, 0.25) is 0 Å². The van der Waals surface area contributed by atoms with E-state index >= 15 is 0 Å². The summed E-state index contributed by atoms with van der Waals surface area (Å²) in [6.07, 6.45) is -1.12. The Morgan fingerprint density at radius 1 is 1.00 bits per heavy atom. The fourth-order valence-corrected chi connectivity index (χ4v) is 2.68. The molecule has 0 aliphatic rings. The van der Waals surface area contributed by atoms with Crippen LogP contribution in [-0.2, 0) is 14.3 Å². The van der Waals surface area contributed by atoms with Gasteiger partial charge in [0, 0.05) is 11.6 Å². The minimum atomic E-state index is -1.12. The van der Waals surface area contributed by atoms with Crippen molar-refractivity contribution in [3.8, 4) is 0 Å². The van der Waals surface area contributed by atoms with E-state index < -0.39 is 29.9 Å². The first-order valence-corrected chi connectivity index (χ1v) is 9.29. The maximum Gasteiger partial charge on any atom is 0.334 e. The lowest BCUT2D eigenvalue weighted by molar-refractivity contribution is -0.155. The van der Waals surface area contributed by atoms with Gasteiger partial charge in [-0.3, -0.25) is 9.59 Å². The Balaban J connectivity index is 1.71. The number of esters is 1. The first kappa shape index (κ1) is 20.8. The van der Waals surface area contributed by atoms with Crippen LogP contribution >= 0.6 is 0 Å². The van der Waals surface area contributed by atoms with Crippen molar-refractivity contribution in [1.29, 1.82) is 0 Å². The molecule has 3 aromatic rings. The molecule has 3 rings (SSSR count). The molecule has 0 radical (unpaired) electrons. The SMILES string of the molecule is Cc1cc(NC(=O)[C@@H](C)OC(=O)[C@@H](NC(=O)c2ccccc2)c2ccccc2)no1. The van der Waals surface area contributed by atoms with Gasteiger partial charge in [0.1, 0.15) is 5.76 Å². The molecule has 154 valence electrons. The van der Waals surface area contributed by atoms with Gasteiger partial charge in [-0.1, -0.05) is 53.7 Å². The van der Waals surface area contributed by atoms with Crippen molar-refractivity contribution in [1.82, 2.24) is 10.5 Å². The standard InChI is InChI=1S/C22H21N3O5/c1-14-13-18(25-30-14)23-20(26)15(2)29-22(28)19(16-9-5-3-6-10-16)24-21(27)17-11-7-4-8-12-17/h3-13,15,19H,1-2H3,(H,24,27)(H,23,25,26)/t15-,19+/m1/s1. The Labute approximate surface area is 173 Å². The summed E-state index contributed by atoms with van der Waals surface area (Å²) < 4.78 is 10.2. The fourth-order valence-electron chi connectivity index (χ4n) is 2.68. The predicted octanol–water partition coefficient (Wildman–Crippen LogP) is 3.02. The third-order valence-corrected chi connectivity index (χ3v) is 4.22. The fraction of sp³-hybridized carbons (Fsp3) is 0.182. The summed E-state index contributed by atoms with van der Waals surface area (Å²) in [6.45, 7) is 3.12. The molecule has 0 unspecified atom stereocenters. The minimum absolute atomic E-state index is 0.220. The number of hydrogen-bond donors (Lipinski definition) is 2. The Morgan fingerprint density at radius 2 is 1.63 bits per heavy atom. The number of anilines is 1. The summed E-state index contributed by atoms with van der Waals surface area (Å²) >= 11 is 0. The highest BCUT2D eigenvalue weighted by atomic mass is 16.5. The van der Waals surface area contributed by atoms with E-state index in [9.17, 15) is 14.4 Å². The molecule has 2 atom stereocenters. The van der Waals surface area contributed by atoms with E-state index in [-0.39, 0.29) is 5.82 Å². The van der Waals surface area contributed by atoms with Crippen LogP contribution in [0.5, 0.6) is 0 Å². The van der Waals surface area contributed by atoms with Crippen molar-refractivity contribution < 1.29 is 23.6 Å². The normalized spacial score (nSPS) is 12.5. The van der Waals surface area contributed by atoms with Crippen molar-refractivity contribution in [2.24, 2.45) is 0 Å². The van der Waals surface area contributed by atoms with E-state index in [1.165, 1.54) is 6.92 Å². The number of hydrogen-bond acceptors (Lipinski definition) is 6. The lowest BCUT2D eigenvalue weighted by Gasteiger charge is -2.20. The molecule has 0 saturated heterocycles. The van der Waals surface area contributed by atoms with E-state index in [1.807, 2.05) is 0 Å². The van der Waals surface area contributed by atoms with Gasteiger partial charge in [-0.05, 0) is 31.5 Å². The van der Waals surface area contributed by atoms with Gasteiger partial charge in [0.15, 0.2) is 18.0 Å². The third-order valence-electron chi connectivity index (χ3n) is 4.22. The molecule has 0 aliphatic heterocycles. The summed E-state index contributed by atoms with van der Waals surface area (Å²) in [5.41, 5.74) is 0.935. The average Bonchev–Trinajstić information content (AvgIpc) is 3.17. The molecular weight excluding hydrogens is 386 g/mol. The van der Waals surface area contributed by atoms with E-state index in [0.717, 1.165) is 0 Å². The lowest BCUT2D eigenvalue weighted by atomic mass is 10.1. The number of benzene rings is 2. The van der Waals surface area contributed by atoms with Gasteiger partial charge in [-0.15, -0.1) is 0 Å². The maximum absolute atomic E-state index is 12.8. The summed E-state index contributed by atoms with van der Waals surface area (Å²) in [4.78, 5) is 37.7. The van der Waals surface area contributed by atoms with Crippen LogP contribution in [0.1, 0.15) is 34.6 Å². The molecule has 8 heteroatoms. The largest absolute Gasteiger partial charge is 0.451 e. The van der Waals surface area contributed by atoms with Crippen molar-refractivity contribution in [3.05, 3.63) is 83.6 Å². The Bertz CT molecular complexity index is 1020. The summed E-state index contributed by atoms with van der Waals surface area (Å²) in [6, 6.07) is 17.6. The summed E-state index contributed by atoms with van der Waals surface area (Å²) in [5, 5.41) is 8.85. The van der Waals surface area contributed by atoms with Crippen molar-refractivity contribution >= 4 is 23.6 Å². The van der Waals surface area contributed by atoms with E-state index in [1.54, 1.807) is 73.7 Å². The molecule has 2 aromatic carbocycles. The summed E-state index contributed by atoms with van der Waals surface area (Å²) in [5.74, 6) is -1.01. The maximum atomic E-state index is 12.8. The lowest BCUT2D eigenvalue weighted by Crippen LogP contribution is -2.38. The smallest absolute Gasteiger partial charge is 0.334 e. The van der Waals surface area contributed by atoms with Crippen LogP contribution in [0.25, 0.3) is 0 Å². The van der Waals surface area contributed by atoms with Gasteiger partial charge < -0.3 is 19.9 Å². The zero-order valence-corrected chi connectivity index (χ0v) is 16.5. The number of carbonyl (C=O) groups excluding carboxylic acids is 3. The number of nitrogens with one attached hydrogen (secondary N) is 2. The van der Waals surface area contributed by atoms with Crippen molar-refractivity contribution in [2.75, 3.05) is 5.32 Å². The van der Waals surface area contributed by atoms with Crippen LogP contribution in [0.4, 0.5) is 5.82 Å². The Morgan fingerprint density at radius 3 is 2.23 bits per heavy atom. The zero-order valence-electron chi connectivity index (χ0n) is 16.5. The van der Waals surface area contributed by atoms with Gasteiger partial charge >= 0.3 is 5.97 Å². The third kappa shape index (κ3) is 5.32. The quantitative estimate of drug-likeness (QED) is 0.583. The van der Waals surface area contributed by atoms with Gasteiger partial charge in [-0.25, -0.2) is 4.79 Å². The van der Waals surface area contributed by atoms with Crippen molar-refractivity contribution in [3.63, 3.8) is 0 Å². The number of nitrogens with zero attached hydrogens (tertiary/aromatic N) is 1. The van der Waals surface area contributed by atoms with Crippen LogP contribution in [0.3, 0.4) is 0 Å². The molecule has 1 aromatic heterocycles. The summed E-state index contributed by atoms with van der Waals surface area (Å²) in [7, 11) is 0. The second-order valence-corrected chi connectivity index (χ2v) is 6.57. The first-order chi connectivity index (χ1) is 14.4. The average molecular weight is 407 g/mol. The van der Waals surface area contributed by atoms with E-state index in [4.69, 9.17) is 9.26 Å². The highest BCUT2D eigenvalue weighted by molar-refractivity contribution is 5.98. The van der Waals surface area contributed by atoms with E-state index in [0.29, 0.717) is 16.9 Å². The number of amides is 2. The van der Waals surface area contributed by atoms with Crippen LogP contribution in [0.15, 0.2) is 71.3 Å². The molecule has 0 aliphatic carbocycles. The molecule has 2 N–H and O–H groups in total. The number of rotatable bonds is 7. The van der Waals surface area contributed by atoms with Crippen molar-refractivity contribution in [2.45, 2.75) is 26.0 Å². The number of aryl methyl sites for hydroxylation is 1. The second-order valence-electron chi connectivity index (χ2n) is 6.57. The van der Waals surface area contributed by atoms with E-state index in [2.05, 4.69) is 15.8 Å². The molecule has 8 nitrogen and oxygen atoms in total. The van der Waals surface area contributed by atoms with Crippen LogP contribution in [0, 0.1) is 6.92 Å². The van der Waals surface area contributed by atoms with Gasteiger partial charge in [0.05, 0.1) is 0 Å². The molecule has 0 spiro atoms. The zero-order chi connectivity index (χ0) is 21.5. The second kappa shape index (κ2) is 9.51. The highest BCUT2D eigenvalue weighted by Gasteiger charge is 2.28. The monoisotopic (exact) mass is 407 g/mol. The topological polar surface area (TPSA) is 111 Å². The molecule has 2 amide bonds. The molecule has 0 saturated carbocycles. The highest BCUT2D eigenvalue weighted by Crippen LogP contribution is 2.17. The number of carbonyl (C=O) groups is 3. The minimum Gasteiger partial charge on any atom is -0.451 e. The Kier molecular flexibility index (Phi) is 6.59. The molecular formula is C22H21N3O5. The van der Waals surface area contributed by atoms with Gasteiger partial charge in [-0.2, -0.15) is 0 Å². The van der Waals surface area contributed by atoms with Crippen LogP contribution < -0.4 is 10.6 Å². The predicted molar refractivity (Wildman–Crippen MR) is 109 cm³/mol. The number of aromatic nitrogens is 1. The molecule has 0 fully saturated rings. The first-order valence-electron chi connectivity index (χ1n) is 9.29.